The summed E-state index contributed by atoms with van der Waals surface area (Å²) >= 11 is 12.0. The fourth-order valence-corrected chi connectivity index (χ4v) is 6.58. The molecular formula is C30H32Cl2F4N2O4. The van der Waals surface area contributed by atoms with Gasteiger partial charge in [0.25, 0.3) is 5.91 Å². The molecular weight excluding hydrogens is 599 g/mol. The van der Waals surface area contributed by atoms with Crippen LogP contribution in [0.15, 0.2) is 30.3 Å². The lowest BCUT2D eigenvalue weighted by atomic mass is 9.94. The summed E-state index contributed by atoms with van der Waals surface area (Å²) in [6.07, 6.45) is -1.28. The van der Waals surface area contributed by atoms with Crippen LogP contribution < -0.4 is 10.1 Å². The van der Waals surface area contributed by atoms with Crippen LogP contribution >= 0.6 is 23.2 Å². The highest BCUT2D eigenvalue weighted by Gasteiger charge is 2.51. The number of amides is 1. The van der Waals surface area contributed by atoms with Crippen molar-refractivity contribution in [3.8, 4) is 5.75 Å². The third-order valence-corrected chi connectivity index (χ3v) is 9.08. The van der Waals surface area contributed by atoms with Crippen LogP contribution in [-0.2, 0) is 4.74 Å². The van der Waals surface area contributed by atoms with Gasteiger partial charge in [-0.25, -0.2) is 4.39 Å². The Hall–Kier alpha value is -2.11. The summed E-state index contributed by atoms with van der Waals surface area (Å²) in [7, 11) is 0. The second-order valence-electron chi connectivity index (χ2n) is 11.9. The SMILES string of the molecule is O=C(N[C@@H](C1CC1)C1OC1O)c1cc(C2CC2)c(OCC2CCN(C(c3cc(Cl)cc(Cl)c3)C(F)(F)F)CC2)cc1F. The largest absolute Gasteiger partial charge is 0.493 e. The lowest BCUT2D eigenvalue weighted by Gasteiger charge is -2.38. The van der Waals surface area contributed by atoms with Crippen molar-refractivity contribution in [1.29, 1.82) is 0 Å². The van der Waals surface area contributed by atoms with Gasteiger partial charge in [0.05, 0.1) is 18.2 Å². The van der Waals surface area contributed by atoms with Crippen LogP contribution in [0.25, 0.3) is 0 Å². The van der Waals surface area contributed by atoms with Crippen molar-refractivity contribution in [2.45, 2.75) is 75.1 Å². The van der Waals surface area contributed by atoms with Crippen LogP contribution in [0, 0.1) is 17.7 Å². The number of hydrogen-bond donors (Lipinski definition) is 2. The number of alkyl halides is 3. The van der Waals surface area contributed by atoms with Crippen molar-refractivity contribution < 1.29 is 36.9 Å². The first-order valence-electron chi connectivity index (χ1n) is 14.4. The van der Waals surface area contributed by atoms with E-state index in [9.17, 15) is 23.1 Å². The second kappa shape index (κ2) is 11.8. The minimum absolute atomic E-state index is 0.00710. The Morgan fingerprint density at radius 3 is 2.24 bits per heavy atom. The van der Waals surface area contributed by atoms with E-state index >= 15 is 4.39 Å². The summed E-state index contributed by atoms with van der Waals surface area (Å²) in [6, 6.07) is 4.63. The van der Waals surface area contributed by atoms with E-state index in [4.69, 9.17) is 32.7 Å². The molecule has 1 amide bonds. The van der Waals surface area contributed by atoms with Crippen molar-refractivity contribution in [3.63, 3.8) is 0 Å². The van der Waals surface area contributed by atoms with Crippen molar-refractivity contribution >= 4 is 29.1 Å². The number of carbonyl (C=O) groups excluding carboxylic acids is 1. The maximum atomic E-state index is 15.2. The second-order valence-corrected chi connectivity index (χ2v) is 12.8. The number of epoxide rings is 1. The topological polar surface area (TPSA) is 74.3 Å². The molecule has 2 saturated heterocycles. The van der Waals surface area contributed by atoms with E-state index in [1.54, 1.807) is 6.07 Å². The molecule has 4 atom stereocenters. The third kappa shape index (κ3) is 6.83. The standard InChI is InChI=1S/C30H32Cl2F4N2O4/c31-19-9-18(10-20(32)11-19)27(30(34,35)36)38-7-5-15(6-8-38)14-41-24-13-23(33)22(12-21(24)16-1-2-16)28(39)37-25(17-3-4-17)26-29(40)42-26/h9-13,15-17,25-27,29,40H,1-8,14H2,(H,37,39)/t25-,26?,27?,29?/m0/s1. The van der Waals surface area contributed by atoms with Crippen LogP contribution in [0.1, 0.15) is 72.0 Å². The number of hydrogen-bond acceptors (Lipinski definition) is 5. The summed E-state index contributed by atoms with van der Waals surface area (Å²) in [5.41, 5.74) is 0.699. The first kappa shape index (κ1) is 29.9. The van der Waals surface area contributed by atoms with Crippen LogP contribution in [0.3, 0.4) is 0 Å². The van der Waals surface area contributed by atoms with Crippen molar-refractivity contribution in [2.24, 2.45) is 11.8 Å². The average Bonchev–Trinajstić information content (AvgIpc) is 3.75. The Balaban J connectivity index is 1.09. The number of ether oxygens (including phenoxy) is 2. The van der Waals surface area contributed by atoms with Gasteiger partial charge in [-0.2, -0.15) is 13.2 Å². The average molecular weight is 631 g/mol. The van der Waals surface area contributed by atoms with E-state index in [1.807, 2.05) is 0 Å². The van der Waals surface area contributed by atoms with E-state index in [0.717, 1.165) is 31.2 Å². The van der Waals surface area contributed by atoms with E-state index < -0.39 is 36.3 Å². The third-order valence-electron chi connectivity index (χ3n) is 8.64. The summed E-state index contributed by atoms with van der Waals surface area (Å²) in [6.45, 7) is 0.637. The van der Waals surface area contributed by atoms with Gasteiger partial charge in [-0.05, 0) is 105 Å². The smallest absolute Gasteiger partial charge is 0.408 e. The molecule has 0 aromatic heterocycles. The quantitative estimate of drug-likeness (QED) is 0.228. The number of rotatable bonds is 10. The Bertz CT molecular complexity index is 1310. The highest BCUT2D eigenvalue weighted by atomic mass is 35.5. The first-order chi connectivity index (χ1) is 20.0. The van der Waals surface area contributed by atoms with Gasteiger partial charge < -0.3 is 19.9 Å². The minimum Gasteiger partial charge on any atom is -0.493 e. The fraction of sp³-hybridized carbons (Fsp3) is 0.567. The van der Waals surface area contributed by atoms with Gasteiger partial charge in [-0.15, -0.1) is 0 Å². The zero-order valence-electron chi connectivity index (χ0n) is 22.7. The zero-order valence-corrected chi connectivity index (χ0v) is 24.2. The number of piperidine rings is 1. The Morgan fingerprint density at radius 2 is 1.69 bits per heavy atom. The summed E-state index contributed by atoms with van der Waals surface area (Å²) in [5, 5.41) is 12.8. The summed E-state index contributed by atoms with van der Waals surface area (Å²) < 4.78 is 68.8. The Morgan fingerprint density at radius 1 is 1.05 bits per heavy atom. The number of aliphatic hydroxyl groups is 1. The molecule has 6 rings (SSSR count). The highest BCUT2D eigenvalue weighted by molar-refractivity contribution is 6.34. The molecule has 0 radical (unpaired) electrons. The highest BCUT2D eigenvalue weighted by Crippen LogP contribution is 2.46. The number of aliphatic hydroxyl groups excluding tert-OH is 1. The van der Waals surface area contributed by atoms with Gasteiger partial charge in [-0.1, -0.05) is 23.2 Å². The molecule has 228 valence electrons. The number of halogens is 6. The molecule has 12 heteroatoms. The number of nitrogens with one attached hydrogen (secondary N) is 1. The monoisotopic (exact) mass is 630 g/mol. The zero-order chi connectivity index (χ0) is 29.8. The molecule has 2 heterocycles. The lowest BCUT2D eigenvalue weighted by Crippen LogP contribution is -2.43. The normalized spacial score (nSPS) is 24.7. The molecule has 0 spiro atoms. The number of carbonyl (C=O) groups is 1. The van der Waals surface area contributed by atoms with Gasteiger partial charge >= 0.3 is 6.18 Å². The van der Waals surface area contributed by atoms with Gasteiger partial charge in [0.2, 0.25) is 0 Å². The van der Waals surface area contributed by atoms with Crippen molar-refractivity contribution in [1.82, 2.24) is 10.2 Å². The van der Waals surface area contributed by atoms with Gasteiger partial charge in [0.1, 0.15) is 23.7 Å². The van der Waals surface area contributed by atoms with E-state index in [-0.39, 0.29) is 64.7 Å². The molecule has 2 aliphatic heterocycles. The molecule has 3 unspecified atom stereocenters. The van der Waals surface area contributed by atoms with Crippen LogP contribution in [0.5, 0.6) is 5.75 Å². The minimum atomic E-state index is -4.51. The molecule has 0 bridgehead atoms. The van der Waals surface area contributed by atoms with E-state index in [0.29, 0.717) is 18.6 Å². The maximum Gasteiger partial charge on any atom is 0.408 e. The molecule has 2 aromatic carbocycles. The number of nitrogens with zero attached hydrogens (tertiary/aromatic N) is 1. The van der Waals surface area contributed by atoms with Crippen molar-refractivity contribution in [3.05, 3.63) is 62.9 Å². The molecule has 2 N–H and O–H groups in total. The van der Waals surface area contributed by atoms with Gasteiger partial charge in [0.15, 0.2) is 6.29 Å². The molecule has 4 aliphatic rings. The lowest BCUT2D eigenvalue weighted by molar-refractivity contribution is -0.190. The van der Waals surface area contributed by atoms with Crippen LogP contribution in [0.2, 0.25) is 10.0 Å². The number of benzene rings is 2. The molecule has 42 heavy (non-hydrogen) atoms. The van der Waals surface area contributed by atoms with Crippen LogP contribution in [0.4, 0.5) is 17.6 Å². The van der Waals surface area contributed by atoms with Crippen LogP contribution in [-0.4, -0.2) is 60.2 Å². The van der Waals surface area contributed by atoms with E-state index in [1.165, 1.54) is 29.2 Å². The maximum absolute atomic E-state index is 15.2. The fourth-order valence-electron chi connectivity index (χ4n) is 6.04. The molecule has 2 aromatic rings. The molecule has 2 aliphatic carbocycles. The predicted molar refractivity (Wildman–Crippen MR) is 148 cm³/mol. The molecule has 4 fully saturated rings. The van der Waals surface area contributed by atoms with Gasteiger partial charge in [0, 0.05) is 16.1 Å². The molecule has 6 nitrogen and oxygen atoms in total. The Labute approximate surface area is 251 Å². The van der Waals surface area contributed by atoms with Gasteiger partial charge in [-0.3, -0.25) is 9.69 Å². The first-order valence-corrected chi connectivity index (χ1v) is 15.1. The number of likely N-dealkylation sites (tertiary alicyclic amines) is 1. The Kier molecular flexibility index (Phi) is 8.39. The predicted octanol–water partition coefficient (Wildman–Crippen LogP) is 6.63. The van der Waals surface area contributed by atoms with Crippen molar-refractivity contribution in [2.75, 3.05) is 19.7 Å². The summed E-state index contributed by atoms with van der Waals surface area (Å²) in [4.78, 5) is 14.4. The van der Waals surface area contributed by atoms with E-state index in [2.05, 4.69) is 5.32 Å². The summed E-state index contributed by atoms with van der Waals surface area (Å²) in [5.74, 6) is -0.518. The molecule has 2 saturated carbocycles.